The second-order valence-electron chi connectivity index (χ2n) is 10.7. The van der Waals surface area contributed by atoms with E-state index in [1.54, 1.807) is 7.11 Å². The normalized spacial score (nSPS) is 21.6. The van der Waals surface area contributed by atoms with Crippen molar-refractivity contribution in [3.63, 3.8) is 0 Å². The fraction of sp³-hybridized carbons (Fsp3) is 0.533. The molecule has 10 heteroatoms. The van der Waals surface area contributed by atoms with Gasteiger partial charge in [0.2, 0.25) is 5.88 Å². The number of carbonyl (C=O) groups is 1. The molecule has 4 aliphatic rings. The Morgan fingerprint density at radius 1 is 1.10 bits per heavy atom. The van der Waals surface area contributed by atoms with Crippen LogP contribution in [-0.4, -0.2) is 97.5 Å². The minimum absolute atomic E-state index is 0.0311. The summed E-state index contributed by atoms with van der Waals surface area (Å²) in [5, 5.41) is 9.60. The van der Waals surface area contributed by atoms with Gasteiger partial charge < -0.3 is 23.8 Å². The fourth-order valence-electron chi connectivity index (χ4n) is 6.04. The van der Waals surface area contributed by atoms with E-state index < -0.39 is 0 Å². The van der Waals surface area contributed by atoms with Crippen LogP contribution in [0.15, 0.2) is 24.3 Å². The van der Waals surface area contributed by atoms with E-state index in [4.69, 9.17) is 28.9 Å². The maximum absolute atomic E-state index is 13.4. The van der Waals surface area contributed by atoms with Gasteiger partial charge >= 0.3 is 0 Å². The van der Waals surface area contributed by atoms with E-state index in [0.717, 1.165) is 69.9 Å². The Morgan fingerprint density at radius 2 is 1.93 bits per heavy atom. The van der Waals surface area contributed by atoms with Gasteiger partial charge in [-0.1, -0.05) is 12.1 Å². The van der Waals surface area contributed by atoms with Crippen LogP contribution in [0.1, 0.15) is 52.3 Å². The Bertz CT molecular complexity index is 1320. The van der Waals surface area contributed by atoms with E-state index in [9.17, 15) is 10.1 Å². The van der Waals surface area contributed by atoms with Crippen molar-refractivity contribution in [2.24, 2.45) is 0 Å². The largest absolute Gasteiger partial charge is 0.496 e. The summed E-state index contributed by atoms with van der Waals surface area (Å²) in [7, 11) is 1.61. The molecule has 0 saturated carbocycles. The van der Waals surface area contributed by atoms with Crippen LogP contribution in [0, 0.1) is 11.3 Å². The number of ether oxygens (including phenoxy) is 4. The molecule has 3 saturated heterocycles. The number of likely N-dealkylation sites (tertiary alicyclic amines) is 1. The average molecular weight is 546 g/mol. The number of hydrogen-bond donors (Lipinski definition) is 0. The third-order valence-corrected chi connectivity index (χ3v) is 8.25. The van der Waals surface area contributed by atoms with Crippen LogP contribution in [0.3, 0.4) is 0 Å². The first-order chi connectivity index (χ1) is 19.6. The molecule has 3 fully saturated rings. The first kappa shape index (κ1) is 26.7. The van der Waals surface area contributed by atoms with E-state index in [0.29, 0.717) is 66.3 Å². The number of aromatic nitrogens is 2. The van der Waals surface area contributed by atoms with Crippen LogP contribution in [0.2, 0.25) is 0 Å². The summed E-state index contributed by atoms with van der Waals surface area (Å²) in [5.41, 5.74) is 3.52. The number of nitrogens with zero attached hydrogens (tertiary/aromatic N) is 5. The third-order valence-electron chi connectivity index (χ3n) is 8.25. The van der Waals surface area contributed by atoms with Crippen molar-refractivity contribution in [3.05, 3.63) is 52.5 Å². The van der Waals surface area contributed by atoms with Gasteiger partial charge in [-0.25, -0.2) is 4.98 Å². The SMILES string of the molecule is COc1cc(C(=O)N2CCC(N3CCOCC3)CC2)ccc1Cc1nc2c(c(OC3CCOC3)n1)C(C#N)=CC2. The van der Waals surface area contributed by atoms with Crippen LogP contribution in [0.5, 0.6) is 11.6 Å². The Kier molecular flexibility index (Phi) is 7.96. The number of benzene rings is 1. The van der Waals surface area contributed by atoms with Crippen LogP contribution >= 0.6 is 0 Å². The Balaban J connectivity index is 1.16. The van der Waals surface area contributed by atoms with Crippen molar-refractivity contribution in [2.75, 3.05) is 59.7 Å². The van der Waals surface area contributed by atoms with Crippen LogP contribution in [-0.2, 0) is 22.3 Å². The number of fused-ring (bicyclic) bond motifs is 1. The fourth-order valence-corrected chi connectivity index (χ4v) is 6.04. The molecule has 10 nitrogen and oxygen atoms in total. The number of allylic oxidation sites excluding steroid dienone is 2. The maximum Gasteiger partial charge on any atom is 0.253 e. The molecule has 40 heavy (non-hydrogen) atoms. The summed E-state index contributed by atoms with van der Waals surface area (Å²) in [5.74, 6) is 1.68. The highest BCUT2D eigenvalue weighted by atomic mass is 16.5. The van der Waals surface area contributed by atoms with Gasteiger partial charge in [0.05, 0.1) is 56.4 Å². The molecular formula is C30H35N5O5. The highest BCUT2D eigenvalue weighted by Gasteiger charge is 2.30. The summed E-state index contributed by atoms with van der Waals surface area (Å²) in [6, 6.07) is 8.37. The van der Waals surface area contributed by atoms with Gasteiger partial charge in [-0.15, -0.1) is 0 Å². The minimum atomic E-state index is -0.0915. The number of rotatable bonds is 7. The molecule has 1 aliphatic carbocycles. The first-order valence-corrected chi connectivity index (χ1v) is 14.2. The number of hydrogen-bond acceptors (Lipinski definition) is 9. The lowest BCUT2D eigenvalue weighted by atomic mass is 10.0. The predicted octanol–water partition coefficient (Wildman–Crippen LogP) is 2.64. The van der Waals surface area contributed by atoms with E-state index >= 15 is 0 Å². The number of carbonyl (C=O) groups excluding carboxylic acids is 1. The molecule has 210 valence electrons. The smallest absolute Gasteiger partial charge is 0.253 e. The summed E-state index contributed by atoms with van der Waals surface area (Å²) < 4.78 is 22.9. The second-order valence-corrected chi connectivity index (χ2v) is 10.7. The van der Waals surface area contributed by atoms with Crippen molar-refractivity contribution in [3.8, 4) is 17.7 Å². The van der Waals surface area contributed by atoms with Crippen molar-refractivity contribution in [1.29, 1.82) is 5.26 Å². The van der Waals surface area contributed by atoms with Crippen LogP contribution in [0.25, 0.3) is 5.57 Å². The highest BCUT2D eigenvalue weighted by molar-refractivity contribution is 5.95. The molecule has 4 heterocycles. The van der Waals surface area contributed by atoms with Gasteiger partial charge in [0.1, 0.15) is 17.7 Å². The lowest BCUT2D eigenvalue weighted by Crippen LogP contribution is -2.50. The average Bonchev–Trinajstić information content (AvgIpc) is 3.67. The Labute approximate surface area is 234 Å². The Hall–Kier alpha value is -3.52. The third kappa shape index (κ3) is 5.55. The summed E-state index contributed by atoms with van der Waals surface area (Å²) in [6.45, 7) is 6.21. The molecule has 1 unspecified atom stereocenters. The van der Waals surface area contributed by atoms with Gasteiger partial charge in [0, 0.05) is 62.6 Å². The monoisotopic (exact) mass is 545 g/mol. The van der Waals surface area contributed by atoms with Crippen molar-refractivity contribution in [2.45, 2.75) is 44.2 Å². The van der Waals surface area contributed by atoms with Gasteiger partial charge in [0.15, 0.2) is 0 Å². The highest BCUT2D eigenvalue weighted by Crippen LogP contribution is 2.35. The molecular weight excluding hydrogens is 510 g/mol. The van der Waals surface area contributed by atoms with Gasteiger partial charge in [-0.3, -0.25) is 9.69 Å². The molecule has 0 radical (unpaired) electrons. The molecule has 1 aromatic carbocycles. The Morgan fingerprint density at radius 3 is 2.65 bits per heavy atom. The lowest BCUT2D eigenvalue weighted by molar-refractivity contribution is 0.00158. The van der Waals surface area contributed by atoms with Crippen molar-refractivity contribution >= 4 is 11.5 Å². The predicted molar refractivity (Wildman–Crippen MR) is 146 cm³/mol. The number of morpholine rings is 1. The molecule has 6 rings (SSSR count). The van der Waals surface area contributed by atoms with Gasteiger partial charge in [-0.2, -0.15) is 10.2 Å². The quantitative estimate of drug-likeness (QED) is 0.519. The van der Waals surface area contributed by atoms with E-state index in [1.165, 1.54) is 0 Å². The molecule has 0 spiro atoms. The zero-order chi connectivity index (χ0) is 27.5. The van der Waals surface area contributed by atoms with E-state index in [2.05, 4.69) is 11.0 Å². The first-order valence-electron chi connectivity index (χ1n) is 14.2. The number of nitriles is 1. The molecule has 1 aromatic heterocycles. The van der Waals surface area contributed by atoms with Gasteiger partial charge in [0.25, 0.3) is 5.91 Å². The molecule has 0 bridgehead atoms. The number of piperidine rings is 1. The van der Waals surface area contributed by atoms with E-state index in [1.807, 2.05) is 29.2 Å². The topological polar surface area (TPSA) is 110 Å². The van der Waals surface area contributed by atoms with Crippen LogP contribution < -0.4 is 9.47 Å². The number of methoxy groups -OCH3 is 1. The summed E-state index contributed by atoms with van der Waals surface area (Å²) in [4.78, 5) is 27.3. The molecule has 3 aliphatic heterocycles. The second kappa shape index (κ2) is 11.9. The zero-order valence-electron chi connectivity index (χ0n) is 22.9. The van der Waals surface area contributed by atoms with Crippen molar-refractivity contribution < 1.29 is 23.7 Å². The lowest BCUT2D eigenvalue weighted by Gasteiger charge is -2.40. The molecule has 0 N–H and O–H groups in total. The standard InChI is InChI=1S/C30H35N5O5/c1-37-26-16-21(30(36)35-9-6-23(7-10-35)34-11-14-38-15-12-34)3-2-20(26)17-27-32-25-5-4-22(18-31)28(25)29(33-27)40-24-8-13-39-19-24/h2-4,16,23-24H,5-15,17,19H2,1H3. The van der Waals surface area contributed by atoms with Crippen LogP contribution in [0.4, 0.5) is 0 Å². The van der Waals surface area contributed by atoms with Crippen molar-refractivity contribution in [1.82, 2.24) is 19.8 Å². The summed E-state index contributed by atoms with van der Waals surface area (Å²) in [6.07, 6.45) is 5.51. The van der Waals surface area contributed by atoms with Gasteiger partial charge in [-0.05, 0) is 25.0 Å². The molecule has 2 aromatic rings. The molecule has 1 amide bonds. The number of amides is 1. The van der Waals surface area contributed by atoms with E-state index in [-0.39, 0.29) is 12.0 Å². The maximum atomic E-state index is 13.4. The minimum Gasteiger partial charge on any atom is -0.496 e. The molecule has 1 atom stereocenters. The summed E-state index contributed by atoms with van der Waals surface area (Å²) >= 11 is 0. The zero-order valence-corrected chi connectivity index (χ0v) is 22.9.